The summed E-state index contributed by atoms with van der Waals surface area (Å²) < 4.78 is 67.5. The number of ether oxygens (including phenoxy) is 10. The lowest BCUT2D eigenvalue weighted by atomic mass is 9.78. The Labute approximate surface area is 351 Å². The van der Waals surface area contributed by atoms with Crippen LogP contribution in [-0.2, 0) is 58.6 Å². The number of aliphatic hydroxyl groups is 2. The lowest BCUT2D eigenvalue weighted by Gasteiger charge is -2.50. The Bertz CT molecular complexity index is 1780. The van der Waals surface area contributed by atoms with Crippen molar-refractivity contribution in [2.24, 2.45) is 0 Å². The van der Waals surface area contributed by atoms with E-state index in [1.54, 1.807) is 12.1 Å². The van der Waals surface area contributed by atoms with E-state index in [9.17, 15) is 10.2 Å². The van der Waals surface area contributed by atoms with Crippen LogP contribution in [-0.4, -0.2) is 106 Å². The zero-order valence-electron chi connectivity index (χ0n) is 34.6. The standard InChI is InChI=1S/C46H60N2O12/c49-45(37-33(55-41(57-37)23-9-3-10-24-41)27-51-43(45)29-53-39(59-43)19-5-1-6-20-39)35-17-13-15-31(47-35)32-16-14-18-36(48-32)46(50)38-34(56-42(58-38)25-11-4-12-26-42)28-52-44(46)30-54-40(60-44)21-7-2-8-22-40/h13-18,33-34,37-38,49-50H,1-12,19-30H2/t33-,34-,37-,38-,43+,44+,45-,46-/m1/s1. The van der Waals surface area contributed by atoms with Gasteiger partial charge in [0, 0.05) is 51.4 Å². The highest BCUT2D eigenvalue weighted by Crippen LogP contribution is 2.59. The van der Waals surface area contributed by atoms with Gasteiger partial charge in [-0.15, -0.1) is 0 Å². The first-order chi connectivity index (χ1) is 29.1. The van der Waals surface area contributed by atoms with Crippen LogP contribution in [0.25, 0.3) is 11.4 Å². The van der Waals surface area contributed by atoms with Gasteiger partial charge in [-0.05, 0) is 75.6 Å². The molecule has 14 nitrogen and oxygen atoms in total. The molecule has 0 amide bonds. The van der Waals surface area contributed by atoms with Crippen molar-refractivity contribution in [2.75, 3.05) is 26.4 Å². The lowest BCUT2D eigenvalue weighted by Crippen LogP contribution is -2.69. The minimum atomic E-state index is -1.91. The summed E-state index contributed by atoms with van der Waals surface area (Å²) in [4.78, 5) is 10.4. The van der Waals surface area contributed by atoms with Gasteiger partial charge in [-0.3, -0.25) is 0 Å². The maximum atomic E-state index is 13.5. The third kappa shape index (κ3) is 5.82. The monoisotopic (exact) mass is 832 g/mol. The van der Waals surface area contributed by atoms with Crippen LogP contribution in [0.2, 0.25) is 0 Å². The number of rotatable bonds is 3. The van der Waals surface area contributed by atoms with Crippen molar-refractivity contribution in [1.29, 1.82) is 0 Å². The maximum absolute atomic E-state index is 13.5. The second kappa shape index (κ2) is 14.2. The summed E-state index contributed by atoms with van der Waals surface area (Å²) in [6.07, 6.45) is 15.4. The molecule has 4 saturated carbocycles. The Morgan fingerprint density at radius 2 is 0.800 bits per heavy atom. The van der Waals surface area contributed by atoms with Crippen molar-refractivity contribution in [3.05, 3.63) is 47.8 Å². The summed E-state index contributed by atoms with van der Waals surface area (Å²) in [5.41, 5.74) is -2.25. The maximum Gasteiger partial charge on any atom is 0.233 e. The highest BCUT2D eigenvalue weighted by atomic mass is 16.9. The van der Waals surface area contributed by atoms with Gasteiger partial charge in [-0.2, -0.15) is 0 Å². The Morgan fingerprint density at radius 1 is 0.433 bits per heavy atom. The molecule has 2 aromatic rings. The predicted octanol–water partition coefficient (Wildman–Crippen LogP) is 6.28. The van der Waals surface area contributed by atoms with Gasteiger partial charge in [-0.1, -0.05) is 37.8 Å². The molecular weight excluding hydrogens is 773 g/mol. The molecule has 10 aliphatic rings. The van der Waals surface area contributed by atoms with E-state index in [2.05, 4.69) is 0 Å². The van der Waals surface area contributed by atoms with Crippen LogP contribution < -0.4 is 0 Å². The van der Waals surface area contributed by atoms with E-state index in [1.165, 1.54) is 0 Å². The van der Waals surface area contributed by atoms with Crippen molar-refractivity contribution in [2.45, 2.75) is 199 Å². The minimum Gasteiger partial charge on any atom is -0.376 e. The molecule has 6 saturated heterocycles. The normalized spacial score (nSPS) is 42.4. The van der Waals surface area contributed by atoms with E-state index in [-0.39, 0.29) is 26.4 Å². The summed E-state index contributed by atoms with van der Waals surface area (Å²) >= 11 is 0. The SMILES string of the molecule is O[C@]1(c2cccc(-c3cccc([C@@]4(O)[C@@H]5OC6(CCCCC6)O[C@@H]5CO[C@]45COC4(CCCCC4)O5)n3)n2)[C@@H]2OC3(CCCCC3)O[C@@H]2CO[C@]12COC1(CCCCC1)O2. The number of aromatic nitrogens is 2. The van der Waals surface area contributed by atoms with Crippen molar-refractivity contribution in [3.63, 3.8) is 0 Å². The first kappa shape index (κ1) is 39.4. The lowest BCUT2D eigenvalue weighted by molar-refractivity contribution is -0.380. The minimum absolute atomic E-state index is 0.0213. The summed E-state index contributed by atoms with van der Waals surface area (Å²) in [6, 6.07) is 11.0. The molecular formula is C46H60N2O12. The molecule has 0 aromatic carbocycles. The van der Waals surface area contributed by atoms with Crippen LogP contribution in [0.1, 0.15) is 140 Å². The first-order valence-corrected chi connectivity index (χ1v) is 23.2. The second-order valence-corrected chi connectivity index (χ2v) is 19.5. The molecule has 8 heterocycles. The number of hydrogen-bond donors (Lipinski definition) is 2. The number of fused-ring (bicyclic) bond motifs is 2. The fourth-order valence-corrected chi connectivity index (χ4v) is 12.7. The topological polar surface area (TPSA) is 159 Å². The highest BCUT2D eigenvalue weighted by Gasteiger charge is 2.75. The van der Waals surface area contributed by atoms with Crippen LogP contribution in [0.4, 0.5) is 0 Å². The summed E-state index contributed by atoms with van der Waals surface area (Å²) in [5.74, 6) is -6.50. The molecule has 0 unspecified atom stereocenters. The van der Waals surface area contributed by atoms with Gasteiger partial charge in [0.15, 0.2) is 34.4 Å². The van der Waals surface area contributed by atoms with Gasteiger partial charge in [0.2, 0.25) is 11.6 Å². The molecule has 2 aromatic heterocycles. The Balaban J connectivity index is 0.937. The zero-order valence-corrected chi connectivity index (χ0v) is 34.6. The molecule has 326 valence electrons. The molecule has 0 bridgehead atoms. The van der Waals surface area contributed by atoms with E-state index >= 15 is 0 Å². The fourth-order valence-electron chi connectivity index (χ4n) is 12.7. The van der Waals surface area contributed by atoms with Crippen LogP contribution in [0.3, 0.4) is 0 Å². The Kier molecular flexibility index (Phi) is 9.30. The average molecular weight is 833 g/mol. The molecule has 8 atom stereocenters. The smallest absolute Gasteiger partial charge is 0.233 e. The summed E-state index contributed by atoms with van der Waals surface area (Å²) in [7, 11) is 0. The number of nitrogens with zero attached hydrogens (tertiary/aromatic N) is 2. The van der Waals surface area contributed by atoms with Crippen molar-refractivity contribution in [3.8, 4) is 11.4 Å². The van der Waals surface area contributed by atoms with Crippen LogP contribution in [0, 0.1) is 0 Å². The number of hydrogen-bond acceptors (Lipinski definition) is 14. The molecule has 10 fully saturated rings. The molecule has 4 aliphatic carbocycles. The molecule has 12 rings (SSSR count). The molecule has 60 heavy (non-hydrogen) atoms. The second-order valence-electron chi connectivity index (χ2n) is 19.5. The fraction of sp³-hybridized carbons (Fsp3) is 0.783. The Hall–Kier alpha value is -2.18. The zero-order chi connectivity index (χ0) is 40.3. The third-order valence-corrected chi connectivity index (χ3v) is 15.8. The average Bonchev–Trinajstić information content (AvgIpc) is 4.05. The summed E-state index contributed by atoms with van der Waals surface area (Å²) in [5, 5.41) is 27.0. The third-order valence-electron chi connectivity index (χ3n) is 15.8. The Morgan fingerprint density at radius 3 is 1.18 bits per heavy atom. The van der Waals surface area contributed by atoms with E-state index in [0.29, 0.717) is 22.8 Å². The molecule has 14 heteroatoms. The molecule has 2 N–H and O–H groups in total. The van der Waals surface area contributed by atoms with Crippen LogP contribution in [0.15, 0.2) is 36.4 Å². The van der Waals surface area contributed by atoms with Crippen LogP contribution in [0.5, 0.6) is 0 Å². The van der Waals surface area contributed by atoms with Gasteiger partial charge in [0.1, 0.15) is 37.6 Å². The number of pyridine rings is 2. The van der Waals surface area contributed by atoms with Crippen LogP contribution >= 0.6 is 0 Å². The van der Waals surface area contributed by atoms with E-state index < -0.39 is 70.3 Å². The van der Waals surface area contributed by atoms with Gasteiger partial charge in [0.05, 0.1) is 36.0 Å². The van der Waals surface area contributed by atoms with Gasteiger partial charge < -0.3 is 57.6 Å². The predicted molar refractivity (Wildman–Crippen MR) is 209 cm³/mol. The van der Waals surface area contributed by atoms with Crippen molar-refractivity contribution < 1.29 is 57.6 Å². The van der Waals surface area contributed by atoms with Crippen molar-refractivity contribution in [1.82, 2.24) is 9.97 Å². The quantitative estimate of drug-likeness (QED) is 0.356. The van der Waals surface area contributed by atoms with E-state index in [1.807, 2.05) is 24.3 Å². The van der Waals surface area contributed by atoms with Crippen molar-refractivity contribution >= 4 is 0 Å². The molecule has 0 radical (unpaired) electrons. The van der Waals surface area contributed by atoms with E-state index in [4.69, 9.17) is 57.3 Å². The largest absolute Gasteiger partial charge is 0.376 e. The van der Waals surface area contributed by atoms with Gasteiger partial charge in [0.25, 0.3) is 0 Å². The molecule has 6 aliphatic heterocycles. The van der Waals surface area contributed by atoms with E-state index in [0.717, 1.165) is 128 Å². The molecule has 6 spiro atoms. The first-order valence-electron chi connectivity index (χ1n) is 23.2. The highest BCUT2D eigenvalue weighted by molar-refractivity contribution is 5.55. The summed E-state index contributed by atoms with van der Waals surface area (Å²) in [6.45, 7) is 0.436. The van der Waals surface area contributed by atoms with Gasteiger partial charge in [-0.25, -0.2) is 9.97 Å². The van der Waals surface area contributed by atoms with Gasteiger partial charge >= 0.3 is 0 Å².